The molecule has 39 heavy (non-hydrogen) atoms. The first-order valence-corrected chi connectivity index (χ1v) is 13.4. The van der Waals surface area contributed by atoms with Crippen LogP contribution in [0.15, 0.2) is 71.0 Å². The molecule has 3 aromatic heterocycles. The summed E-state index contributed by atoms with van der Waals surface area (Å²) in [5, 5.41) is 11.6. The van der Waals surface area contributed by atoms with Gasteiger partial charge in [-0.2, -0.15) is 0 Å². The van der Waals surface area contributed by atoms with Crippen molar-refractivity contribution >= 4 is 23.1 Å². The average molecular weight is 528 g/mol. The summed E-state index contributed by atoms with van der Waals surface area (Å²) in [4.78, 5) is 32.8. The van der Waals surface area contributed by atoms with E-state index in [4.69, 9.17) is 9.15 Å². The summed E-state index contributed by atoms with van der Waals surface area (Å²) in [6, 6.07) is 13.8. The van der Waals surface area contributed by atoms with E-state index in [1.54, 1.807) is 12.1 Å². The van der Waals surface area contributed by atoms with Crippen LogP contribution >= 0.6 is 0 Å². The van der Waals surface area contributed by atoms with Gasteiger partial charge in [0.15, 0.2) is 5.76 Å². The molecule has 8 nitrogen and oxygen atoms in total. The lowest BCUT2D eigenvalue weighted by atomic mass is 9.96. The van der Waals surface area contributed by atoms with Gasteiger partial charge in [0.1, 0.15) is 22.9 Å². The van der Waals surface area contributed by atoms with Gasteiger partial charge in [0, 0.05) is 6.20 Å². The number of nitrogens with zero attached hydrogens (tertiary/aromatic N) is 3. The number of carbonyl (C=O) groups is 2. The standard InChI is InChI=1S/C31H33N3O5/c1-4-5-6-7-17-38-23-14-12-22(13-15-23)27-25(29(36)31(37)34(27)19-24-11-9-18-39-24)28(35)26-21(3)33-16-8-10-20(2)30(33)32-26/h8-16,18,27,35H,4-7,17,19H2,1-3H3/b28-25+. The lowest BCUT2D eigenvalue weighted by Crippen LogP contribution is -2.29. The highest BCUT2D eigenvalue weighted by Gasteiger charge is 2.47. The van der Waals surface area contributed by atoms with Gasteiger partial charge in [-0.15, -0.1) is 0 Å². The monoisotopic (exact) mass is 527 g/mol. The Bertz CT molecular complexity index is 1520. The van der Waals surface area contributed by atoms with Crippen molar-refractivity contribution in [3.63, 3.8) is 0 Å². The molecule has 0 bridgehead atoms. The molecule has 1 saturated heterocycles. The summed E-state index contributed by atoms with van der Waals surface area (Å²) in [7, 11) is 0. The number of carbonyl (C=O) groups excluding carboxylic acids is 2. The number of hydrogen-bond donors (Lipinski definition) is 1. The molecular formula is C31H33N3O5. The van der Waals surface area contributed by atoms with E-state index in [2.05, 4.69) is 11.9 Å². The number of hydrogen-bond acceptors (Lipinski definition) is 6. The minimum Gasteiger partial charge on any atom is -0.505 e. The van der Waals surface area contributed by atoms with Crippen LogP contribution in [0.4, 0.5) is 0 Å². The summed E-state index contributed by atoms with van der Waals surface area (Å²) < 4.78 is 13.2. The number of aliphatic hydroxyl groups excluding tert-OH is 1. The Morgan fingerprint density at radius 1 is 1.05 bits per heavy atom. The number of ether oxygens (including phenoxy) is 1. The van der Waals surface area contributed by atoms with Crippen molar-refractivity contribution in [3.05, 3.63) is 94.8 Å². The number of furan rings is 1. The number of fused-ring (bicyclic) bond motifs is 1. The number of imidazole rings is 1. The number of Topliss-reactive ketones (excluding diaryl/α,β-unsaturated/α-hetero) is 1. The van der Waals surface area contributed by atoms with Crippen LogP contribution in [0, 0.1) is 13.8 Å². The van der Waals surface area contributed by atoms with E-state index in [0.717, 1.165) is 18.4 Å². The van der Waals surface area contributed by atoms with E-state index in [-0.39, 0.29) is 23.6 Å². The molecule has 1 aliphatic rings. The highest BCUT2D eigenvalue weighted by atomic mass is 16.5. The first-order valence-electron chi connectivity index (χ1n) is 13.4. The van der Waals surface area contributed by atoms with E-state index >= 15 is 0 Å². The van der Waals surface area contributed by atoms with Gasteiger partial charge in [-0.05, 0) is 61.7 Å². The Morgan fingerprint density at radius 3 is 2.54 bits per heavy atom. The SMILES string of the molecule is CCCCCCOc1ccc(C2/C(=C(\O)c3nc4c(C)cccn4c3C)C(=O)C(=O)N2Cc2ccco2)cc1. The zero-order valence-corrected chi connectivity index (χ0v) is 22.5. The van der Waals surface area contributed by atoms with Crippen LogP contribution in [0.25, 0.3) is 11.4 Å². The Hall–Kier alpha value is -4.33. The molecule has 0 radical (unpaired) electrons. The van der Waals surface area contributed by atoms with E-state index in [1.807, 2.05) is 60.8 Å². The topological polar surface area (TPSA) is 97.3 Å². The Kier molecular flexibility index (Phi) is 7.54. The Labute approximate surface area is 227 Å². The number of likely N-dealkylation sites (tertiary alicyclic amines) is 1. The van der Waals surface area contributed by atoms with Crippen molar-refractivity contribution in [2.75, 3.05) is 6.61 Å². The zero-order chi connectivity index (χ0) is 27.5. The maximum absolute atomic E-state index is 13.4. The van der Waals surface area contributed by atoms with Crippen LogP contribution in [0.2, 0.25) is 0 Å². The second kappa shape index (κ2) is 11.2. The van der Waals surface area contributed by atoms with Gasteiger partial charge in [0.05, 0.1) is 36.7 Å². The highest BCUT2D eigenvalue weighted by Crippen LogP contribution is 2.41. The molecule has 8 heteroatoms. The number of rotatable bonds is 10. The first kappa shape index (κ1) is 26.3. The molecular weight excluding hydrogens is 494 g/mol. The number of pyridine rings is 1. The van der Waals surface area contributed by atoms with Gasteiger partial charge in [-0.25, -0.2) is 4.98 Å². The van der Waals surface area contributed by atoms with Gasteiger partial charge in [0.2, 0.25) is 0 Å². The summed E-state index contributed by atoms with van der Waals surface area (Å²) >= 11 is 0. The zero-order valence-electron chi connectivity index (χ0n) is 22.5. The summed E-state index contributed by atoms with van der Waals surface area (Å²) in [6.07, 6.45) is 7.83. The van der Waals surface area contributed by atoms with E-state index in [1.165, 1.54) is 24.0 Å². The van der Waals surface area contributed by atoms with Gasteiger partial charge in [-0.1, -0.05) is 44.4 Å². The quantitative estimate of drug-likeness (QED) is 0.115. The van der Waals surface area contributed by atoms with Crippen LogP contribution in [0.5, 0.6) is 5.75 Å². The summed E-state index contributed by atoms with van der Waals surface area (Å²) in [5.41, 5.74) is 3.24. The third kappa shape index (κ3) is 5.06. The second-order valence-electron chi connectivity index (χ2n) is 9.92. The van der Waals surface area contributed by atoms with Crippen LogP contribution in [-0.4, -0.2) is 37.7 Å². The van der Waals surface area contributed by atoms with Crippen molar-refractivity contribution in [1.29, 1.82) is 0 Å². The molecule has 1 aromatic carbocycles. The van der Waals surface area contributed by atoms with Crippen molar-refractivity contribution in [2.24, 2.45) is 0 Å². The van der Waals surface area contributed by atoms with Crippen LogP contribution in [0.1, 0.15) is 66.9 Å². The van der Waals surface area contributed by atoms with Crippen LogP contribution in [0.3, 0.4) is 0 Å². The van der Waals surface area contributed by atoms with Crippen LogP contribution in [-0.2, 0) is 16.1 Å². The third-order valence-corrected chi connectivity index (χ3v) is 7.22. The second-order valence-corrected chi connectivity index (χ2v) is 9.92. The van der Waals surface area contributed by atoms with E-state index in [0.29, 0.717) is 35.0 Å². The van der Waals surface area contributed by atoms with Gasteiger partial charge < -0.3 is 23.6 Å². The molecule has 1 unspecified atom stereocenters. The molecule has 1 N–H and O–H groups in total. The number of amides is 1. The summed E-state index contributed by atoms with van der Waals surface area (Å²) in [6.45, 7) is 6.64. The molecule has 1 amide bonds. The molecule has 1 fully saturated rings. The number of benzene rings is 1. The smallest absolute Gasteiger partial charge is 0.296 e. The number of aryl methyl sites for hydroxylation is 2. The van der Waals surface area contributed by atoms with Crippen molar-refractivity contribution in [3.8, 4) is 5.75 Å². The molecule has 0 saturated carbocycles. The van der Waals surface area contributed by atoms with Gasteiger partial charge in [-0.3, -0.25) is 9.59 Å². The lowest BCUT2D eigenvalue weighted by Gasteiger charge is -2.24. The predicted molar refractivity (Wildman–Crippen MR) is 147 cm³/mol. The Balaban J connectivity index is 1.54. The number of aliphatic hydroxyl groups is 1. The summed E-state index contributed by atoms with van der Waals surface area (Å²) in [5.74, 6) is -0.504. The van der Waals surface area contributed by atoms with Crippen molar-refractivity contribution in [2.45, 2.75) is 59.0 Å². The number of unbranched alkanes of at least 4 members (excludes halogenated alkanes) is 3. The molecule has 0 aliphatic carbocycles. The van der Waals surface area contributed by atoms with E-state index in [9.17, 15) is 14.7 Å². The average Bonchev–Trinajstić information content (AvgIpc) is 3.64. The third-order valence-electron chi connectivity index (χ3n) is 7.22. The molecule has 5 rings (SSSR count). The maximum Gasteiger partial charge on any atom is 0.296 e. The number of ketones is 1. The van der Waals surface area contributed by atoms with Crippen molar-refractivity contribution in [1.82, 2.24) is 14.3 Å². The lowest BCUT2D eigenvalue weighted by molar-refractivity contribution is -0.140. The Morgan fingerprint density at radius 2 is 1.85 bits per heavy atom. The fraction of sp³-hybridized carbons (Fsp3) is 0.323. The fourth-order valence-corrected chi connectivity index (χ4v) is 5.10. The highest BCUT2D eigenvalue weighted by molar-refractivity contribution is 6.46. The molecule has 0 spiro atoms. The minimum atomic E-state index is -0.820. The van der Waals surface area contributed by atoms with Crippen LogP contribution < -0.4 is 4.74 Å². The van der Waals surface area contributed by atoms with Gasteiger partial charge in [0.25, 0.3) is 11.7 Å². The molecule has 1 atom stereocenters. The molecule has 4 aromatic rings. The molecule has 1 aliphatic heterocycles. The van der Waals surface area contributed by atoms with Crippen molar-refractivity contribution < 1.29 is 23.8 Å². The fourth-order valence-electron chi connectivity index (χ4n) is 5.10. The maximum atomic E-state index is 13.4. The molecule has 202 valence electrons. The molecule has 4 heterocycles. The normalized spacial score (nSPS) is 16.9. The predicted octanol–water partition coefficient (Wildman–Crippen LogP) is 6.13. The number of aromatic nitrogens is 2. The minimum absolute atomic E-state index is 0.00366. The largest absolute Gasteiger partial charge is 0.505 e. The van der Waals surface area contributed by atoms with Gasteiger partial charge >= 0.3 is 0 Å². The van der Waals surface area contributed by atoms with E-state index < -0.39 is 17.7 Å². The first-order chi connectivity index (χ1) is 18.9.